The topological polar surface area (TPSA) is 62.2 Å². The Morgan fingerprint density at radius 1 is 1.63 bits per heavy atom. The van der Waals surface area contributed by atoms with Crippen molar-refractivity contribution in [2.24, 2.45) is 7.05 Å². The molecule has 1 aromatic heterocycles. The van der Waals surface area contributed by atoms with Crippen molar-refractivity contribution in [2.75, 3.05) is 26.2 Å². The molecule has 0 radical (unpaired) electrons. The average Bonchev–Trinajstić information content (AvgIpc) is 2.69. The first kappa shape index (κ1) is 14.0. The molecule has 6 heteroatoms. The number of aryl methyl sites for hydroxylation is 2. The zero-order valence-corrected chi connectivity index (χ0v) is 11.9. The molecular weight excluding hydrogens is 242 g/mol. The van der Waals surface area contributed by atoms with E-state index in [1.54, 1.807) is 0 Å². The Labute approximate surface area is 114 Å². The molecule has 0 spiro atoms. The SMILES string of the molecule is CCNC(=O)C1CNCCN1Cc1cn(C)nc1C. The molecule has 2 N–H and O–H groups in total. The number of nitrogens with zero attached hydrogens (tertiary/aromatic N) is 3. The van der Waals surface area contributed by atoms with Crippen LogP contribution in [0.1, 0.15) is 18.2 Å². The van der Waals surface area contributed by atoms with E-state index in [2.05, 4.69) is 20.6 Å². The molecule has 1 unspecified atom stereocenters. The van der Waals surface area contributed by atoms with Crippen molar-refractivity contribution in [3.8, 4) is 0 Å². The van der Waals surface area contributed by atoms with Gasteiger partial charge in [0.15, 0.2) is 0 Å². The molecule has 1 amide bonds. The van der Waals surface area contributed by atoms with E-state index in [0.717, 1.165) is 25.3 Å². The molecule has 1 aliphatic rings. The molecule has 1 aromatic rings. The fourth-order valence-electron chi connectivity index (χ4n) is 2.51. The number of carbonyl (C=O) groups excluding carboxylic acids is 1. The maximum Gasteiger partial charge on any atom is 0.238 e. The Balaban J connectivity index is 2.07. The van der Waals surface area contributed by atoms with Gasteiger partial charge in [-0.2, -0.15) is 5.10 Å². The van der Waals surface area contributed by atoms with Gasteiger partial charge in [-0.05, 0) is 13.8 Å². The van der Waals surface area contributed by atoms with Gasteiger partial charge in [-0.1, -0.05) is 0 Å². The predicted molar refractivity (Wildman–Crippen MR) is 73.7 cm³/mol. The number of rotatable bonds is 4. The Hall–Kier alpha value is -1.40. The molecular formula is C13H23N5O. The number of piperazine rings is 1. The lowest BCUT2D eigenvalue weighted by Gasteiger charge is -2.34. The van der Waals surface area contributed by atoms with Gasteiger partial charge in [0.25, 0.3) is 0 Å². The molecule has 1 saturated heterocycles. The van der Waals surface area contributed by atoms with Crippen molar-refractivity contribution in [3.63, 3.8) is 0 Å². The summed E-state index contributed by atoms with van der Waals surface area (Å²) in [5.74, 6) is 0.108. The van der Waals surface area contributed by atoms with Crippen molar-refractivity contribution in [2.45, 2.75) is 26.4 Å². The standard InChI is InChI=1S/C13H23N5O/c1-4-15-13(19)12-7-14-5-6-18(12)9-11-8-17(3)16-10(11)2/h8,12,14H,4-7,9H2,1-3H3,(H,15,19). The summed E-state index contributed by atoms with van der Waals surface area (Å²) in [4.78, 5) is 14.3. The van der Waals surface area contributed by atoms with Crippen LogP contribution in [-0.4, -0.2) is 52.8 Å². The zero-order valence-electron chi connectivity index (χ0n) is 11.9. The number of hydrogen-bond acceptors (Lipinski definition) is 4. The van der Waals surface area contributed by atoms with Gasteiger partial charge in [0.05, 0.1) is 5.69 Å². The fourth-order valence-corrected chi connectivity index (χ4v) is 2.51. The molecule has 0 aliphatic carbocycles. The van der Waals surface area contributed by atoms with Gasteiger partial charge in [0.1, 0.15) is 6.04 Å². The zero-order chi connectivity index (χ0) is 13.8. The van der Waals surface area contributed by atoms with Crippen molar-refractivity contribution < 1.29 is 4.79 Å². The second kappa shape index (κ2) is 6.16. The first-order valence-corrected chi connectivity index (χ1v) is 6.83. The van der Waals surface area contributed by atoms with Crippen LogP contribution in [0.5, 0.6) is 0 Å². The normalized spacial score (nSPS) is 20.5. The van der Waals surface area contributed by atoms with E-state index in [4.69, 9.17) is 0 Å². The molecule has 2 heterocycles. The molecule has 1 aliphatic heterocycles. The molecule has 0 bridgehead atoms. The van der Waals surface area contributed by atoms with E-state index in [9.17, 15) is 4.79 Å². The van der Waals surface area contributed by atoms with Crippen LogP contribution in [0.2, 0.25) is 0 Å². The Morgan fingerprint density at radius 2 is 2.42 bits per heavy atom. The van der Waals surface area contributed by atoms with Crippen LogP contribution in [0.3, 0.4) is 0 Å². The van der Waals surface area contributed by atoms with E-state index in [-0.39, 0.29) is 11.9 Å². The van der Waals surface area contributed by atoms with Crippen LogP contribution in [0.4, 0.5) is 0 Å². The van der Waals surface area contributed by atoms with Crippen molar-refractivity contribution in [1.82, 2.24) is 25.3 Å². The van der Waals surface area contributed by atoms with Gasteiger partial charge in [-0.25, -0.2) is 0 Å². The molecule has 1 fully saturated rings. The smallest absolute Gasteiger partial charge is 0.238 e. The number of amides is 1. The quantitative estimate of drug-likeness (QED) is 0.780. The molecule has 0 saturated carbocycles. The van der Waals surface area contributed by atoms with Crippen LogP contribution in [0, 0.1) is 6.92 Å². The highest BCUT2D eigenvalue weighted by Gasteiger charge is 2.28. The van der Waals surface area contributed by atoms with Gasteiger partial charge >= 0.3 is 0 Å². The molecule has 0 aromatic carbocycles. The highest BCUT2D eigenvalue weighted by Crippen LogP contribution is 2.13. The largest absolute Gasteiger partial charge is 0.355 e. The molecule has 19 heavy (non-hydrogen) atoms. The van der Waals surface area contributed by atoms with Gasteiger partial charge < -0.3 is 10.6 Å². The van der Waals surface area contributed by atoms with Gasteiger partial charge in [-0.3, -0.25) is 14.4 Å². The predicted octanol–water partition coefficient (Wildman–Crippen LogP) is -0.362. The molecule has 2 rings (SSSR count). The maximum absolute atomic E-state index is 12.1. The minimum absolute atomic E-state index is 0.0895. The molecule has 6 nitrogen and oxygen atoms in total. The number of nitrogens with one attached hydrogen (secondary N) is 2. The summed E-state index contributed by atoms with van der Waals surface area (Å²) < 4.78 is 1.83. The van der Waals surface area contributed by atoms with E-state index in [1.165, 1.54) is 5.56 Å². The lowest BCUT2D eigenvalue weighted by molar-refractivity contribution is -0.127. The van der Waals surface area contributed by atoms with Gasteiger partial charge in [0, 0.05) is 51.5 Å². The number of carbonyl (C=O) groups is 1. The summed E-state index contributed by atoms with van der Waals surface area (Å²) in [7, 11) is 1.93. The summed E-state index contributed by atoms with van der Waals surface area (Å²) in [6, 6.07) is -0.0895. The lowest BCUT2D eigenvalue weighted by atomic mass is 10.1. The lowest BCUT2D eigenvalue weighted by Crippen LogP contribution is -2.57. The van der Waals surface area contributed by atoms with Crippen molar-refractivity contribution >= 4 is 5.91 Å². The van der Waals surface area contributed by atoms with E-state index < -0.39 is 0 Å². The van der Waals surface area contributed by atoms with Crippen LogP contribution in [0.15, 0.2) is 6.20 Å². The van der Waals surface area contributed by atoms with Crippen LogP contribution < -0.4 is 10.6 Å². The van der Waals surface area contributed by atoms with Gasteiger partial charge in [0.2, 0.25) is 5.91 Å². The van der Waals surface area contributed by atoms with Crippen LogP contribution in [0.25, 0.3) is 0 Å². The van der Waals surface area contributed by atoms with Crippen LogP contribution >= 0.6 is 0 Å². The molecule has 106 valence electrons. The molecule has 1 atom stereocenters. The van der Waals surface area contributed by atoms with E-state index in [1.807, 2.05) is 31.8 Å². The minimum atomic E-state index is -0.0895. The third kappa shape index (κ3) is 3.33. The summed E-state index contributed by atoms with van der Waals surface area (Å²) in [6.45, 7) is 7.94. The number of hydrogen-bond donors (Lipinski definition) is 2. The van der Waals surface area contributed by atoms with E-state index >= 15 is 0 Å². The summed E-state index contributed by atoms with van der Waals surface area (Å²) >= 11 is 0. The first-order chi connectivity index (χ1) is 9.11. The van der Waals surface area contributed by atoms with Gasteiger partial charge in [-0.15, -0.1) is 0 Å². The number of likely N-dealkylation sites (N-methyl/N-ethyl adjacent to an activating group) is 1. The highest BCUT2D eigenvalue weighted by molar-refractivity contribution is 5.82. The maximum atomic E-state index is 12.1. The third-order valence-electron chi connectivity index (χ3n) is 3.50. The summed E-state index contributed by atoms with van der Waals surface area (Å²) in [5.41, 5.74) is 2.23. The van der Waals surface area contributed by atoms with Crippen molar-refractivity contribution in [3.05, 3.63) is 17.5 Å². The third-order valence-corrected chi connectivity index (χ3v) is 3.50. The minimum Gasteiger partial charge on any atom is -0.355 e. The second-order valence-electron chi connectivity index (χ2n) is 5.00. The summed E-state index contributed by atoms with van der Waals surface area (Å²) in [5, 5.41) is 10.6. The first-order valence-electron chi connectivity index (χ1n) is 6.83. The second-order valence-corrected chi connectivity index (χ2v) is 5.00. The highest BCUT2D eigenvalue weighted by atomic mass is 16.2. The Kier molecular flexibility index (Phi) is 4.55. The monoisotopic (exact) mass is 265 g/mol. The summed E-state index contributed by atoms with van der Waals surface area (Å²) in [6.07, 6.45) is 2.03. The van der Waals surface area contributed by atoms with Crippen LogP contribution in [-0.2, 0) is 18.4 Å². The Bertz CT molecular complexity index is 442. The van der Waals surface area contributed by atoms with Crippen molar-refractivity contribution in [1.29, 1.82) is 0 Å². The Morgan fingerprint density at radius 3 is 3.05 bits per heavy atom. The van der Waals surface area contributed by atoms with E-state index in [0.29, 0.717) is 13.1 Å². The average molecular weight is 265 g/mol. The fraction of sp³-hybridized carbons (Fsp3) is 0.692. The number of aromatic nitrogens is 2.